The Bertz CT molecular complexity index is 731. The topological polar surface area (TPSA) is 49.4 Å². The van der Waals surface area contributed by atoms with Crippen LogP contribution in [0.3, 0.4) is 0 Å². The number of amides is 2. The Morgan fingerprint density at radius 2 is 1.78 bits per heavy atom. The van der Waals surface area contributed by atoms with Crippen molar-refractivity contribution in [2.45, 2.75) is 6.42 Å². The summed E-state index contributed by atoms with van der Waals surface area (Å²) in [6.07, 6.45) is 0.160. The highest BCUT2D eigenvalue weighted by Gasteiger charge is 2.35. The number of hydrogen-bond donors (Lipinski definition) is 1. The maximum absolute atomic E-state index is 13.0. The Morgan fingerprint density at radius 3 is 2.43 bits per heavy atom. The Kier molecular flexibility index (Phi) is 4.61. The van der Waals surface area contributed by atoms with E-state index >= 15 is 0 Å². The van der Waals surface area contributed by atoms with Gasteiger partial charge in [0, 0.05) is 27.9 Å². The van der Waals surface area contributed by atoms with Gasteiger partial charge in [-0.25, -0.2) is 4.39 Å². The van der Waals surface area contributed by atoms with Crippen molar-refractivity contribution in [2.75, 3.05) is 16.8 Å². The van der Waals surface area contributed by atoms with E-state index in [-0.39, 0.29) is 24.1 Å². The SMILES string of the molecule is O=C(Nc1ccc(I)cc1)[C@@H]1CC(=O)N(c2ccc(F)cc2)C1. The normalized spacial score (nSPS) is 17.4. The monoisotopic (exact) mass is 424 g/mol. The average Bonchev–Trinajstić information content (AvgIpc) is 2.92. The van der Waals surface area contributed by atoms with Crippen LogP contribution in [0.5, 0.6) is 0 Å². The number of carbonyl (C=O) groups excluding carboxylic acids is 2. The molecule has 1 atom stereocenters. The zero-order chi connectivity index (χ0) is 16.4. The molecule has 2 aromatic rings. The summed E-state index contributed by atoms with van der Waals surface area (Å²) in [4.78, 5) is 26.0. The number of nitrogens with one attached hydrogen (secondary N) is 1. The molecule has 1 saturated heterocycles. The molecule has 0 radical (unpaired) electrons. The number of nitrogens with zero attached hydrogens (tertiary/aromatic N) is 1. The lowest BCUT2D eigenvalue weighted by molar-refractivity contribution is -0.122. The van der Waals surface area contributed by atoms with Gasteiger partial charge >= 0.3 is 0 Å². The number of halogens is 2. The minimum Gasteiger partial charge on any atom is -0.326 e. The third-order valence-electron chi connectivity index (χ3n) is 3.75. The first kappa shape index (κ1) is 15.9. The second-order valence-electron chi connectivity index (χ2n) is 5.38. The molecule has 1 heterocycles. The molecular formula is C17H14FIN2O2. The summed E-state index contributed by atoms with van der Waals surface area (Å²) in [6.45, 7) is 0.306. The molecule has 3 rings (SSSR count). The molecule has 1 N–H and O–H groups in total. The van der Waals surface area contributed by atoms with Crippen molar-refractivity contribution in [2.24, 2.45) is 5.92 Å². The quantitative estimate of drug-likeness (QED) is 0.768. The summed E-state index contributed by atoms with van der Waals surface area (Å²) >= 11 is 2.19. The van der Waals surface area contributed by atoms with E-state index in [4.69, 9.17) is 0 Å². The first-order valence-corrected chi connectivity index (χ1v) is 8.23. The van der Waals surface area contributed by atoms with Crippen LogP contribution in [0.1, 0.15) is 6.42 Å². The highest BCUT2D eigenvalue weighted by atomic mass is 127. The van der Waals surface area contributed by atoms with Gasteiger partial charge in [0.1, 0.15) is 5.82 Å². The molecule has 0 saturated carbocycles. The van der Waals surface area contributed by atoms with Crippen molar-refractivity contribution in [1.82, 2.24) is 0 Å². The molecule has 4 nitrogen and oxygen atoms in total. The summed E-state index contributed by atoms with van der Waals surface area (Å²) in [5.74, 6) is -1.07. The van der Waals surface area contributed by atoms with Crippen molar-refractivity contribution in [3.05, 3.63) is 57.9 Å². The lowest BCUT2D eigenvalue weighted by Crippen LogP contribution is -2.28. The second-order valence-corrected chi connectivity index (χ2v) is 6.62. The van der Waals surface area contributed by atoms with Gasteiger partial charge in [0.2, 0.25) is 11.8 Å². The fourth-order valence-corrected chi connectivity index (χ4v) is 2.89. The van der Waals surface area contributed by atoms with Gasteiger partial charge in [-0.1, -0.05) is 0 Å². The highest BCUT2D eigenvalue weighted by Crippen LogP contribution is 2.26. The highest BCUT2D eigenvalue weighted by molar-refractivity contribution is 14.1. The number of benzene rings is 2. The molecule has 0 aliphatic carbocycles. The fourth-order valence-electron chi connectivity index (χ4n) is 2.53. The lowest BCUT2D eigenvalue weighted by Gasteiger charge is -2.16. The van der Waals surface area contributed by atoms with Crippen molar-refractivity contribution in [3.8, 4) is 0 Å². The molecule has 1 aliphatic rings. The van der Waals surface area contributed by atoms with E-state index in [9.17, 15) is 14.0 Å². The van der Waals surface area contributed by atoms with Crippen molar-refractivity contribution >= 4 is 45.8 Å². The molecule has 1 fully saturated rings. The minimum absolute atomic E-state index is 0.126. The zero-order valence-corrected chi connectivity index (χ0v) is 14.3. The molecule has 0 unspecified atom stereocenters. The van der Waals surface area contributed by atoms with Crippen LogP contribution in [0.25, 0.3) is 0 Å². The van der Waals surface area contributed by atoms with Gasteiger partial charge in [0.15, 0.2) is 0 Å². The summed E-state index contributed by atoms with van der Waals surface area (Å²) in [5.41, 5.74) is 1.32. The third kappa shape index (κ3) is 3.69. The van der Waals surface area contributed by atoms with Crippen LogP contribution in [0.4, 0.5) is 15.8 Å². The predicted molar refractivity (Wildman–Crippen MR) is 94.6 cm³/mol. The van der Waals surface area contributed by atoms with E-state index in [1.165, 1.54) is 17.0 Å². The zero-order valence-electron chi connectivity index (χ0n) is 12.1. The van der Waals surface area contributed by atoms with E-state index in [0.717, 1.165) is 3.57 Å². The van der Waals surface area contributed by atoms with E-state index in [1.54, 1.807) is 12.1 Å². The van der Waals surface area contributed by atoms with Gasteiger partial charge in [-0.15, -0.1) is 0 Å². The van der Waals surface area contributed by atoms with Crippen LogP contribution < -0.4 is 10.2 Å². The third-order valence-corrected chi connectivity index (χ3v) is 4.47. The number of rotatable bonds is 3. The fraction of sp³-hybridized carbons (Fsp3) is 0.176. The number of anilines is 2. The van der Waals surface area contributed by atoms with Gasteiger partial charge in [-0.2, -0.15) is 0 Å². The molecule has 118 valence electrons. The Balaban J connectivity index is 1.68. The first-order chi connectivity index (χ1) is 11.0. The van der Waals surface area contributed by atoms with Gasteiger partial charge in [-0.05, 0) is 71.1 Å². The summed E-state index contributed by atoms with van der Waals surface area (Å²) in [5, 5.41) is 2.83. The predicted octanol–water partition coefficient (Wildman–Crippen LogP) is 3.42. The van der Waals surface area contributed by atoms with Gasteiger partial charge in [0.25, 0.3) is 0 Å². The second kappa shape index (κ2) is 6.66. The van der Waals surface area contributed by atoms with Gasteiger partial charge < -0.3 is 10.2 Å². The Labute approximate surface area is 146 Å². The van der Waals surface area contributed by atoms with Crippen molar-refractivity contribution in [1.29, 1.82) is 0 Å². The molecular weight excluding hydrogens is 410 g/mol. The maximum atomic E-state index is 13.0. The molecule has 2 amide bonds. The van der Waals surface area contributed by atoms with Gasteiger partial charge in [0.05, 0.1) is 5.92 Å². The van der Waals surface area contributed by atoms with E-state index in [2.05, 4.69) is 27.9 Å². The minimum atomic E-state index is -0.410. The molecule has 2 aromatic carbocycles. The van der Waals surface area contributed by atoms with Crippen molar-refractivity contribution in [3.63, 3.8) is 0 Å². The smallest absolute Gasteiger partial charge is 0.229 e. The summed E-state index contributed by atoms with van der Waals surface area (Å²) in [7, 11) is 0. The summed E-state index contributed by atoms with van der Waals surface area (Å²) in [6, 6.07) is 13.2. The number of hydrogen-bond acceptors (Lipinski definition) is 2. The molecule has 0 spiro atoms. The molecule has 23 heavy (non-hydrogen) atoms. The van der Waals surface area contributed by atoms with Crippen molar-refractivity contribution < 1.29 is 14.0 Å². The van der Waals surface area contributed by atoms with E-state index < -0.39 is 5.92 Å². The lowest BCUT2D eigenvalue weighted by atomic mass is 10.1. The largest absolute Gasteiger partial charge is 0.326 e. The van der Waals surface area contributed by atoms with Crippen LogP contribution in [0, 0.1) is 15.3 Å². The van der Waals surface area contributed by atoms with Crippen LogP contribution in [0.2, 0.25) is 0 Å². The Morgan fingerprint density at radius 1 is 1.13 bits per heavy atom. The van der Waals surface area contributed by atoms with Crippen LogP contribution in [-0.4, -0.2) is 18.4 Å². The molecule has 6 heteroatoms. The maximum Gasteiger partial charge on any atom is 0.229 e. The molecule has 0 aromatic heterocycles. The van der Waals surface area contributed by atoms with Gasteiger partial charge in [-0.3, -0.25) is 9.59 Å². The Hall–Kier alpha value is -1.96. The average molecular weight is 424 g/mol. The van der Waals surface area contributed by atoms with E-state index in [1.807, 2.05) is 24.3 Å². The molecule has 1 aliphatic heterocycles. The summed E-state index contributed by atoms with van der Waals surface area (Å²) < 4.78 is 14.1. The van der Waals surface area contributed by atoms with Crippen LogP contribution in [-0.2, 0) is 9.59 Å². The first-order valence-electron chi connectivity index (χ1n) is 7.15. The van der Waals surface area contributed by atoms with Crippen LogP contribution in [0.15, 0.2) is 48.5 Å². The molecule has 0 bridgehead atoms. The standard InChI is InChI=1S/C17H14FIN2O2/c18-12-1-7-15(8-2-12)21-10-11(9-16(21)22)17(23)20-14-5-3-13(19)4-6-14/h1-8,11H,9-10H2,(H,20,23)/t11-/m1/s1. The van der Waals surface area contributed by atoms with Crippen LogP contribution >= 0.6 is 22.6 Å². The number of carbonyl (C=O) groups is 2. The van der Waals surface area contributed by atoms with E-state index in [0.29, 0.717) is 17.9 Å².